The maximum Gasteiger partial charge on any atom is 0.416 e. The van der Waals surface area contributed by atoms with Crippen molar-refractivity contribution < 1.29 is 23.1 Å². The molecule has 0 fully saturated rings. The van der Waals surface area contributed by atoms with Gasteiger partial charge in [-0.15, -0.1) is 0 Å². The lowest BCUT2D eigenvalue weighted by molar-refractivity contribution is -0.137. The summed E-state index contributed by atoms with van der Waals surface area (Å²) in [5, 5.41) is 15.0. The summed E-state index contributed by atoms with van der Waals surface area (Å²) >= 11 is 0. The zero-order valence-corrected chi connectivity index (χ0v) is 27.3. The zero-order valence-electron chi connectivity index (χ0n) is 27.3. The monoisotopic (exact) mass is 659 g/mol. The van der Waals surface area contributed by atoms with E-state index in [4.69, 9.17) is 4.98 Å². The normalized spacial score (nSPS) is 13.2. The van der Waals surface area contributed by atoms with E-state index in [-0.39, 0.29) is 17.2 Å². The molecule has 0 spiro atoms. The van der Waals surface area contributed by atoms with Crippen LogP contribution in [0, 0.1) is 5.92 Å². The number of amides is 1. The predicted octanol–water partition coefficient (Wildman–Crippen LogP) is 9.26. The molecule has 1 unspecified atom stereocenters. The zero-order chi connectivity index (χ0) is 34.8. The highest BCUT2D eigenvalue weighted by molar-refractivity contribution is 5.90. The fourth-order valence-corrected chi connectivity index (χ4v) is 6.62. The van der Waals surface area contributed by atoms with Crippen LogP contribution in [0.1, 0.15) is 54.3 Å². The van der Waals surface area contributed by atoms with E-state index >= 15 is 0 Å². The molecule has 0 radical (unpaired) electrons. The van der Waals surface area contributed by atoms with E-state index in [1.54, 1.807) is 30.6 Å². The largest absolute Gasteiger partial charge is 0.416 e. The highest BCUT2D eigenvalue weighted by Crippen LogP contribution is 2.43. The van der Waals surface area contributed by atoms with E-state index in [0.717, 1.165) is 28.8 Å². The number of benzene rings is 5. The Morgan fingerprint density at radius 3 is 1.65 bits per heavy atom. The second-order valence-electron chi connectivity index (χ2n) is 12.5. The van der Waals surface area contributed by atoms with Gasteiger partial charge in [-0.1, -0.05) is 129 Å². The highest BCUT2D eigenvalue weighted by atomic mass is 19.4. The second kappa shape index (κ2) is 13.2. The van der Waals surface area contributed by atoms with Crippen LogP contribution in [0.2, 0.25) is 0 Å². The average Bonchev–Trinajstić information content (AvgIpc) is 3.60. The molecule has 1 atom stereocenters. The Kier molecular flexibility index (Phi) is 9.01. The molecule has 8 heteroatoms. The Balaban J connectivity index is 1.47. The minimum atomic E-state index is -4.60. The molecule has 248 valence electrons. The number of hydrogen-bond donors (Lipinski definition) is 2. The van der Waals surface area contributed by atoms with Crippen LogP contribution < -0.4 is 5.32 Å². The molecule has 0 aliphatic carbocycles. The Bertz CT molecular complexity index is 1950. The minimum Gasteiger partial charge on any atom is -0.378 e. The Morgan fingerprint density at radius 2 is 1.20 bits per heavy atom. The predicted molar refractivity (Wildman–Crippen MR) is 186 cm³/mol. The Hall–Kier alpha value is -5.47. The maximum absolute atomic E-state index is 13.8. The van der Waals surface area contributed by atoms with Gasteiger partial charge in [-0.2, -0.15) is 13.2 Å². The molecule has 0 aliphatic heterocycles. The van der Waals surface area contributed by atoms with E-state index in [1.165, 1.54) is 13.0 Å². The first-order valence-corrected chi connectivity index (χ1v) is 16.0. The Labute approximate surface area is 283 Å². The van der Waals surface area contributed by atoms with Crippen molar-refractivity contribution in [2.75, 3.05) is 5.32 Å². The molecule has 0 saturated carbocycles. The smallest absolute Gasteiger partial charge is 0.378 e. The number of alkyl halides is 3. The van der Waals surface area contributed by atoms with Gasteiger partial charge in [0.25, 0.3) is 0 Å². The summed E-state index contributed by atoms with van der Waals surface area (Å²) in [7, 11) is 0. The van der Waals surface area contributed by atoms with Crippen molar-refractivity contribution in [3.05, 3.63) is 179 Å². The molecule has 5 aromatic carbocycles. The van der Waals surface area contributed by atoms with Crippen LogP contribution in [0.5, 0.6) is 0 Å². The summed E-state index contributed by atoms with van der Waals surface area (Å²) in [5.74, 6) is -0.806. The number of hydrogen-bond acceptors (Lipinski definition) is 3. The molecule has 1 aromatic heterocycles. The third-order valence-electron chi connectivity index (χ3n) is 9.01. The van der Waals surface area contributed by atoms with Crippen LogP contribution >= 0.6 is 0 Å². The quantitative estimate of drug-likeness (QED) is 0.152. The lowest BCUT2D eigenvalue weighted by atomic mass is 9.76. The number of aliphatic hydroxyl groups is 1. The van der Waals surface area contributed by atoms with Crippen molar-refractivity contribution >= 4 is 11.6 Å². The number of imidazole rings is 1. The van der Waals surface area contributed by atoms with Gasteiger partial charge in [0.15, 0.2) is 0 Å². The molecule has 1 amide bonds. The maximum atomic E-state index is 13.8. The van der Waals surface area contributed by atoms with Gasteiger partial charge < -0.3 is 15.0 Å². The molecule has 0 aliphatic rings. The van der Waals surface area contributed by atoms with Crippen molar-refractivity contribution in [2.45, 2.75) is 38.1 Å². The van der Waals surface area contributed by atoms with Gasteiger partial charge in [0.05, 0.1) is 17.6 Å². The topological polar surface area (TPSA) is 67.2 Å². The number of anilines is 1. The van der Waals surface area contributed by atoms with Crippen molar-refractivity contribution in [1.82, 2.24) is 9.55 Å². The van der Waals surface area contributed by atoms with Gasteiger partial charge in [-0.25, -0.2) is 4.98 Å². The summed E-state index contributed by atoms with van der Waals surface area (Å²) in [6.45, 7) is 5.04. The van der Waals surface area contributed by atoms with Crippen molar-refractivity contribution in [1.29, 1.82) is 0 Å². The molecule has 6 rings (SSSR count). The van der Waals surface area contributed by atoms with Gasteiger partial charge >= 0.3 is 6.18 Å². The van der Waals surface area contributed by atoms with E-state index in [9.17, 15) is 23.1 Å². The minimum absolute atomic E-state index is 0.0457. The fourth-order valence-electron chi connectivity index (χ4n) is 6.62. The van der Waals surface area contributed by atoms with E-state index < -0.39 is 28.8 Å². The standard InChI is InChI=1S/C41H36F3N3O2/c1-28(2)40(49,35-21-19-30(20-22-35)31-23-36(41(42,43)44)25-37(24-31)46-29(3)48)38-26-47(27-45-38)39(32-13-7-4-8-14-32,33-15-9-5-10-16-33)34-17-11-6-12-18-34/h4-28,49H,1-3H3,(H,46,48). The molecular weight excluding hydrogens is 623 g/mol. The fraction of sp³-hybridized carbons (Fsp3) is 0.171. The molecule has 6 aromatic rings. The van der Waals surface area contributed by atoms with Crippen molar-refractivity contribution in [3.8, 4) is 11.1 Å². The van der Waals surface area contributed by atoms with Crippen LogP contribution in [0.25, 0.3) is 11.1 Å². The first-order chi connectivity index (χ1) is 23.4. The van der Waals surface area contributed by atoms with Crippen LogP contribution in [0.3, 0.4) is 0 Å². The molecule has 0 bridgehead atoms. The number of carbonyl (C=O) groups excluding carboxylic acids is 1. The third-order valence-corrected chi connectivity index (χ3v) is 9.01. The number of carbonyl (C=O) groups is 1. The van der Waals surface area contributed by atoms with Crippen LogP contribution in [0.4, 0.5) is 18.9 Å². The number of halogens is 3. The van der Waals surface area contributed by atoms with Gasteiger partial charge in [-0.05, 0) is 57.5 Å². The van der Waals surface area contributed by atoms with Crippen LogP contribution in [0.15, 0.2) is 146 Å². The molecule has 1 heterocycles. The average molecular weight is 660 g/mol. The van der Waals surface area contributed by atoms with Gasteiger partial charge in [0.1, 0.15) is 11.1 Å². The number of rotatable bonds is 9. The highest BCUT2D eigenvalue weighted by Gasteiger charge is 2.42. The number of aromatic nitrogens is 2. The van der Waals surface area contributed by atoms with Crippen molar-refractivity contribution in [3.63, 3.8) is 0 Å². The second-order valence-corrected chi connectivity index (χ2v) is 12.5. The summed E-state index contributed by atoms with van der Waals surface area (Å²) in [4.78, 5) is 16.5. The summed E-state index contributed by atoms with van der Waals surface area (Å²) in [6.07, 6.45) is -0.974. The summed E-state index contributed by atoms with van der Waals surface area (Å²) in [5.41, 5.74) is 1.56. The van der Waals surface area contributed by atoms with Crippen LogP contribution in [-0.4, -0.2) is 20.6 Å². The molecule has 5 nitrogen and oxygen atoms in total. The molecule has 2 N–H and O–H groups in total. The van der Waals surface area contributed by atoms with Crippen molar-refractivity contribution in [2.24, 2.45) is 5.92 Å². The lowest BCUT2D eigenvalue weighted by Crippen LogP contribution is -2.37. The molecule has 0 saturated heterocycles. The third kappa shape index (κ3) is 6.27. The number of nitrogens with one attached hydrogen (secondary N) is 1. The first-order valence-electron chi connectivity index (χ1n) is 16.0. The SMILES string of the molecule is CC(=O)Nc1cc(-c2ccc(C(O)(c3cn(C(c4ccccc4)(c4ccccc4)c4ccccc4)cn3)C(C)C)cc2)cc(C(F)(F)F)c1. The van der Waals surface area contributed by atoms with Gasteiger partial charge in [0, 0.05) is 18.8 Å². The Morgan fingerprint density at radius 1 is 0.694 bits per heavy atom. The van der Waals surface area contributed by atoms with E-state index in [0.29, 0.717) is 16.8 Å². The number of nitrogens with zero attached hydrogens (tertiary/aromatic N) is 2. The van der Waals surface area contributed by atoms with Gasteiger partial charge in [0.2, 0.25) is 5.91 Å². The summed E-state index contributed by atoms with van der Waals surface area (Å²) in [6, 6.07) is 40.7. The molecule has 49 heavy (non-hydrogen) atoms. The van der Waals surface area contributed by atoms with E-state index in [1.807, 2.05) is 79.2 Å². The first kappa shape index (κ1) is 33.4. The van der Waals surface area contributed by atoms with Crippen LogP contribution in [-0.2, 0) is 22.1 Å². The van der Waals surface area contributed by atoms with Gasteiger partial charge in [-0.3, -0.25) is 4.79 Å². The van der Waals surface area contributed by atoms with E-state index in [2.05, 4.69) is 41.7 Å². The summed E-state index contributed by atoms with van der Waals surface area (Å²) < 4.78 is 43.3. The lowest BCUT2D eigenvalue weighted by Gasteiger charge is -2.37. The molecular formula is C41H36F3N3O2.